The first-order valence-electron chi connectivity index (χ1n) is 5.69. The van der Waals surface area contributed by atoms with Crippen LogP contribution in [0.4, 0.5) is 0 Å². The molecule has 0 aromatic carbocycles. The minimum atomic E-state index is 0.362. The molecule has 2 rings (SSSR count). The summed E-state index contributed by atoms with van der Waals surface area (Å²) in [6, 6.07) is 0. The molecule has 1 fully saturated rings. The average molecular weight is 210 g/mol. The van der Waals surface area contributed by atoms with Crippen LogP contribution in [0.2, 0.25) is 0 Å². The molecular weight excluding hydrogens is 192 g/mol. The van der Waals surface area contributed by atoms with E-state index in [0.29, 0.717) is 11.7 Å². The molecule has 0 radical (unpaired) electrons. The highest BCUT2D eigenvalue weighted by atomic mass is 32.2. The number of Topliss-reactive ketones (excluding diaryl/α,β-unsaturated/α-hetero) is 1. The van der Waals surface area contributed by atoms with Gasteiger partial charge in [-0.05, 0) is 55.6 Å². The van der Waals surface area contributed by atoms with E-state index in [1.807, 2.05) is 11.8 Å². The van der Waals surface area contributed by atoms with Crippen molar-refractivity contribution in [2.24, 2.45) is 5.92 Å². The lowest BCUT2D eigenvalue weighted by molar-refractivity contribution is -0.119. The molecule has 78 valence electrons. The highest BCUT2D eigenvalue weighted by Gasteiger charge is 2.24. The summed E-state index contributed by atoms with van der Waals surface area (Å²) in [7, 11) is 0. The third-order valence-corrected chi connectivity index (χ3v) is 4.25. The van der Waals surface area contributed by atoms with Crippen LogP contribution in [0.5, 0.6) is 0 Å². The van der Waals surface area contributed by atoms with E-state index in [0.717, 1.165) is 31.3 Å². The molecule has 1 aliphatic carbocycles. The zero-order valence-electron chi connectivity index (χ0n) is 8.63. The number of carbonyl (C=O) groups excluding carboxylic acids is 1. The number of hydrogen-bond acceptors (Lipinski definition) is 2. The molecule has 1 saturated heterocycles. The minimum absolute atomic E-state index is 0.362. The van der Waals surface area contributed by atoms with Crippen LogP contribution in [-0.4, -0.2) is 17.3 Å². The molecule has 2 heteroatoms. The summed E-state index contributed by atoms with van der Waals surface area (Å²) < 4.78 is 0. The fraction of sp³-hybridized carbons (Fsp3) is 0.750. The van der Waals surface area contributed by atoms with Gasteiger partial charge in [0.15, 0.2) is 5.78 Å². The molecule has 0 N–H and O–H groups in total. The molecule has 0 aromatic rings. The Bertz CT molecular complexity index is 239. The van der Waals surface area contributed by atoms with Crippen molar-refractivity contribution in [3.63, 3.8) is 0 Å². The zero-order valence-corrected chi connectivity index (χ0v) is 9.44. The predicted molar refractivity (Wildman–Crippen MR) is 61.6 cm³/mol. The molecule has 0 spiro atoms. The van der Waals surface area contributed by atoms with E-state index in [2.05, 4.69) is 6.08 Å². The lowest BCUT2D eigenvalue weighted by Crippen LogP contribution is -2.22. The van der Waals surface area contributed by atoms with Crippen molar-refractivity contribution in [3.8, 4) is 0 Å². The van der Waals surface area contributed by atoms with Crippen molar-refractivity contribution >= 4 is 17.5 Å². The summed E-state index contributed by atoms with van der Waals surface area (Å²) in [5.41, 5.74) is 1.15. The van der Waals surface area contributed by atoms with Crippen LogP contribution >= 0.6 is 11.8 Å². The molecule has 0 bridgehead atoms. The number of hydrogen-bond donors (Lipinski definition) is 0. The van der Waals surface area contributed by atoms with Crippen LogP contribution in [0.3, 0.4) is 0 Å². The van der Waals surface area contributed by atoms with Crippen LogP contribution in [0.1, 0.15) is 38.5 Å². The van der Waals surface area contributed by atoms with Crippen LogP contribution in [0.25, 0.3) is 0 Å². The second-order valence-corrected chi connectivity index (χ2v) is 5.45. The highest BCUT2D eigenvalue weighted by Crippen LogP contribution is 2.28. The Morgan fingerprint density at radius 2 is 2.07 bits per heavy atom. The number of allylic oxidation sites excluding steroid dienone is 2. The summed E-state index contributed by atoms with van der Waals surface area (Å²) in [5, 5.41) is 0. The fourth-order valence-corrected chi connectivity index (χ4v) is 3.39. The van der Waals surface area contributed by atoms with Crippen molar-refractivity contribution in [1.29, 1.82) is 0 Å². The van der Waals surface area contributed by atoms with Crippen LogP contribution in [-0.2, 0) is 4.79 Å². The summed E-state index contributed by atoms with van der Waals surface area (Å²) >= 11 is 1.99. The van der Waals surface area contributed by atoms with Crippen molar-refractivity contribution in [2.75, 3.05) is 11.5 Å². The maximum atomic E-state index is 12.1. The monoisotopic (exact) mass is 210 g/mol. The van der Waals surface area contributed by atoms with E-state index in [1.54, 1.807) is 0 Å². The standard InChI is InChI=1S/C12H18OS/c13-12(10-4-2-1-3-5-10)11-6-8-14-9-7-11/h4,11H,1-3,5-9H2. The van der Waals surface area contributed by atoms with Crippen molar-refractivity contribution < 1.29 is 4.79 Å². The normalized spacial score (nSPS) is 24.4. The van der Waals surface area contributed by atoms with Gasteiger partial charge in [0.25, 0.3) is 0 Å². The maximum Gasteiger partial charge on any atom is 0.161 e. The van der Waals surface area contributed by atoms with Crippen molar-refractivity contribution in [3.05, 3.63) is 11.6 Å². The first-order valence-corrected chi connectivity index (χ1v) is 6.84. The zero-order chi connectivity index (χ0) is 9.80. The molecular formula is C12H18OS. The molecule has 1 nitrogen and oxygen atoms in total. The SMILES string of the molecule is O=C(C1=CCCCC1)C1CCSCC1. The topological polar surface area (TPSA) is 17.1 Å². The Labute approximate surface area is 90.3 Å². The van der Waals surface area contributed by atoms with E-state index in [4.69, 9.17) is 0 Å². The Morgan fingerprint density at radius 3 is 2.71 bits per heavy atom. The lowest BCUT2D eigenvalue weighted by Gasteiger charge is -2.22. The molecule has 2 aliphatic rings. The van der Waals surface area contributed by atoms with Crippen LogP contribution in [0.15, 0.2) is 11.6 Å². The van der Waals surface area contributed by atoms with E-state index in [1.165, 1.54) is 24.3 Å². The van der Waals surface area contributed by atoms with Gasteiger partial charge in [0, 0.05) is 5.92 Å². The second-order valence-electron chi connectivity index (χ2n) is 4.23. The number of ketones is 1. The Balaban J connectivity index is 1.95. The van der Waals surface area contributed by atoms with Gasteiger partial charge in [0.05, 0.1) is 0 Å². The van der Waals surface area contributed by atoms with E-state index in [-0.39, 0.29) is 0 Å². The van der Waals surface area contributed by atoms with Crippen LogP contribution in [0, 0.1) is 5.92 Å². The van der Waals surface area contributed by atoms with Crippen LogP contribution < -0.4 is 0 Å². The fourth-order valence-electron chi connectivity index (χ4n) is 2.28. The van der Waals surface area contributed by atoms with Crippen molar-refractivity contribution in [1.82, 2.24) is 0 Å². The first kappa shape index (κ1) is 10.3. The van der Waals surface area contributed by atoms with Gasteiger partial charge < -0.3 is 0 Å². The van der Waals surface area contributed by atoms with Gasteiger partial charge in [-0.25, -0.2) is 0 Å². The summed E-state index contributed by atoms with van der Waals surface area (Å²) in [6.07, 6.45) is 9.08. The second kappa shape index (κ2) is 5.01. The Hall–Kier alpha value is -0.240. The first-order chi connectivity index (χ1) is 6.88. The smallest absolute Gasteiger partial charge is 0.161 e. The molecule has 0 atom stereocenters. The van der Waals surface area contributed by atoms with Gasteiger partial charge in [-0.3, -0.25) is 4.79 Å². The van der Waals surface area contributed by atoms with E-state index >= 15 is 0 Å². The molecule has 0 unspecified atom stereocenters. The number of thioether (sulfide) groups is 1. The molecule has 0 saturated carbocycles. The van der Waals surface area contributed by atoms with Crippen molar-refractivity contribution in [2.45, 2.75) is 38.5 Å². The third-order valence-electron chi connectivity index (χ3n) is 3.20. The molecule has 0 amide bonds. The molecule has 1 aliphatic heterocycles. The molecule has 0 aromatic heterocycles. The van der Waals surface area contributed by atoms with Gasteiger partial charge >= 0.3 is 0 Å². The van der Waals surface area contributed by atoms with Gasteiger partial charge in [0.1, 0.15) is 0 Å². The minimum Gasteiger partial charge on any atom is -0.294 e. The van der Waals surface area contributed by atoms with Gasteiger partial charge in [-0.2, -0.15) is 11.8 Å². The predicted octanol–water partition coefficient (Wildman–Crippen LogP) is 3.20. The summed E-state index contributed by atoms with van der Waals surface area (Å²) in [5.74, 6) is 3.21. The molecule has 14 heavy (non-hydrogen) atoms. The summed E-state index contributed by atoms with van der Waals surface area (Å²) in [4.78, 5) is 12.1. The quantitative estimate of drug-likeness (QED) is 0.696. The maximum absolute atomic E-state index is 12.1. The summed E-state index contributed by atoms with van der Waals surface area (Å²) in [6.45, 7) is 0. The third kappa shape index (κ3) is 2.41. The Kier molecular flexibility index (Phi) is 3.68. The lowest BCUT2D eigenvalue weighted by atomic mass is 9.87. The van der Waals surface area contributed by atoms with Gasteiger partial charge in [-0.1, -0.05) is 6.08 Å². The van der Waals surface area contributed by atoms with Gasteiger partial charge in [-0.15, -0.1) is 0 Å². The number of rotatable bonds is 2. The van der Waals surface area contributed by atoms with E-state index in [9.17, 15) is 4.79 Å². The Morgan fingerprint density at radius 1 is 1.29 bits per heavy atom. The average Bonchev–Trinajstić information content (AvgIpc) is 2.30. The van der Waals surface area contributed by atoms with E-state index < -0.39 is 0 Å². The number of carbonyl (C=O) groups is 1. The van der Waals surface area contributed by atoms with Gasteiger partial charge in [0.2, 0.25) is 0 Å². The molecule has 1 heterocycles. The highest BCUT2D eigenvalue weighted by molar-refractivity contribution is 7.99. The largest absolute Gasteiger partial charge is 0.294 e.